The summed E-state index contributed by atoms with van der Waals surface area (Å²) in [7, 11) is 0. The fourth-order valence-corrected chi connectivity index (χ4v) is 1.86. The molecule has 4 nitrogen and oxygen atoms in total. The molecule has 0 aliphatic rings. The molecule has 0 aliphatic carbocycles. The van der Waals surface area contributed by atoms with Crippen LogP contribution in [0.3, 0.4) is 0 Å². The molecule has 0 unspecified atom stereocenters. The Morgan fingerprint density at radius 3 is 2.57 bits per heavy atom. The van der Waals surface area contributed by atoms with Crippen molar-refractivity contribution in [2.24, 2.45) is 0 Å². The number of benzene rings is 2. The molecular weight excluding hydrogens is 268 g/mol. The lowest BCUT2D eigenvalue weighted by Crippen LogP contribution is -2.03. The number of aldehydes is 1. The summed E-state index contributed by atoms with van der Waals surface area (Å²) in [5, 5.41) is 9.75. The average molecular weight is 286 g/mol. The predicted octanol–water partition coefficient (Wildman–Crippen LogP) is 3.19. The third kappa shape index (κ3) is 4.61. The second-order valence-electron chi connectivity index (χ2n) is 4.55. The monoisotopic (exact) mass is 286 g/mol. The number of ether oxygens (including phenoxy) is 2. The molecular formula is C17H18O4. The Kier molecular flexibility index (Phi) is 5.79. The molecule has 0 heterocycles. The summed E-state index contributed by atoms with van der Waals surface area (Å²) in [6.07, 6.45) is 1.31. The molecule has 4 heteroatoms. The fraction of sp³-hybridized carbons (Fsp3) is 0.235. The van der Waals surface area contributed by atoms with Crippen molar-refractivity contribution < 1.29 is 19.4 Å². The van der Waals surface area contributed by atoms with Crippen LogP contribution in [0.4, 0.5) is 0 Å². The van der Waals surface area contributed by atoms with Gasteiger partial charge in [-0.3, -0.25) is 4.79 Å². The van der Waals surface area contributed by atoms with Gasteiger partial charge in [-0.1, -0.05) is 36.4 Å². The van der Waals surface area contributed by atoms with E-state index in [1.165, 1.54) is 6.07 Å². The Balaban J connectivity index is 1.67. The molecule has 2 rings (SSSR count). The van der Waals surface area contributed by atoms with Gasteiger partial charge in [0.05, 0.1) is 25.4 Å². The van der Waals surface area contributed by atoms with Gasteiger partial charge in [0.1, 0.15) is 0 Å². The number of phenolic OH excluding ortho intramolecular Hbond substituents is 1. The second kappa shape index (κ2) is 8.07. The number of aromatic hydroxyl groups is 1. The van der Waals surface area contributed by atoms with Crippen LogP contribution in [0.1, 0.15) is 22.3 Å². The van der Waals surface area contributed by atoms with Crippen LogP contribution in [0.15, 0.2) is 48.5 Å². The quantitative estimate of drug-likeness (QED) is 0.598. The van der Waals surface area contributed by atoms with Gasteiger partial charge in [-0.25, -0.2) is 0 Å². The molecule has 0 aromatic heterocycles. The van der Waals surface area contributed by atoms with Crippen LogP contribution >= 0.6 is 0 Å². The molecule has 1 N–H and O–H groups in total. The van der Waals surface area contributed by atoms with Crippen molar-refractivity contribution in [3.8, 4) is 11.5 Å². The first-order valence-electron chi connectivity index (χ1n) is 6.83. The number of carbonyl (C=O) groups excluding carboxylic acids is 1. The lowest BCUT2D eigenvalue weighted by molar-refractivity contribution is 0.106. The van der Waals surface area contributed by atoms with Crippen molar-refractivity contribution in [3.63, 3.8) is 0 Å². The summed E-state index contributed by atoms with van der Waals surface area (Å²) < 4.78 is 11.0. The van der Waals surface area contributed by atoms with E-state index < -0.39 is 0 Å². The van der Waals surface area contributed by atoms with E-state index in [0.29, 0.717) is 38.3 Å². The van der Waals surface area contributed by atoms with E-state index in [4.69, 9.17) is 9.47 Å². The van der Waals surface area contributed by atoms with Crippen molar-refractivity contribution in [2.45, 2.75) is 13.0 Å². The number of carbonyl (C=O) groups is 1. The first-order valence-corrected chi connectivity index (χ1v) is 6.83. The van der Waals surface area contributed by atoms with E-state index in [1.807, 2.05) is 30.3 Å². The Hall–Kier alpha value is -2.33. The Morgan fingerprint density at radius 1 is 1.00 bits per heavy atom. The van der Waals surface area contributed by atoms with Gasteiger partial charge in [-0.2, -0.15) is 0 Å². The molecule has 110 valence electrons. The molecule has 2 aromatic carbocycles. The van der Waals surface area contributed by atoms with Crippen LogP contribution in [-0.4, -0.2) is 24.6 Å². The summed E-state index contributed by atoms with van der Waals surface area (Å²) in [5.74, 6) is 0.209. The highest BCUT2D eigenvalue weighted by molar-refractivity contribution is 5.80. The third-order valence-corrected chi connectivity index (χ3v) is 2.96. The normalized spacial score (nSPS) is 10.3. The first-order chi connectivity index (χ1) is 10.3. The molecule has 0 saturated carbocycles. The van der Waals surface area contributed by atoms with E-state index in [2.05, 4.69) is 0 Å². The van der Waals surface area contributed by atoms with Crippen molar-refractivity contribution in [3.05, 3.63) is 59.7 Å². The van der Waals surface area contributed by atoms with Gasteiger partial charge in [0.15, 0.2) is 17.8 Å². The van der Waals surface area contributed by atoms with Crippen LogP contribution < -0.4 is 4.74 Å². The van der Waals surface area contributed by atoms with Gasteiger partial charge < -0.3 is 14.6 Å². The highest BCUT2D eigenvalue weighted by Crippen LogP contribution is 2.28. The van der Waals surface area contributed by atoms with Crippen LogP contribution in [0.5, 0.6) is 11.5 Å². The SMILES string of the molecule is O=Cc1cccc(OCCCOCc2ccccc2)c1O. The summed E-state index contributed by atoms with van der Waals surface area (Å²) in [6.45, 7) is 1.57. The minimum Gasteiger partial charge on any atom is -0.504 e. The largest absolute Gasteiger partial charge is 0.504 e. The van der Waals surface area contributed by atoms with Gasteiger partial charge in [0, 0.05) is 6.42 Å². The molecule has 0 radical (unpaired) electrons. The van der Waals surface area contributed by atoms with E-state index in [0.717, 1.165) is 5.56 Å². The van der Waals surface area contributed by atoms with Crippen molar-refractivity contribution in [2.75, 3.05) is 13.2 Å². The smallest absolute Gasteiger partial charge is 0.168 e. The molecule has 0 spiro atoms. The summed E-state index contributed by atoms with van der Waals surface area (Å²) in [4.78, 5) is 10.7. The second-order valence-corrected chi connectivity index (χ2v) is 4.55. The lowest BCUT2D eigenvalue weighted by Gasteiger charge is -2.09. The Labute approximate surface area is 123 Å². The minimum absolute atomic E-state index is 0.113. The topological polar surface area (TPSA) is 55.8 Å². The summed E-state index contributed by atoms with van der Waals surface area (Å²) in [6, 6.07) is 14.8. The predicted molar refractivity (Wildman–Crippen MR) is 79.7 cm³/mol. The maximum absolute atomic E-state index is 10.7. The maximum atomic E-state index is 10.7. The molecule has 0 fully saturated rings. The molecule has 21 heavy (non-hydrogen) atoms. The molecule has 0 aliphatic heterocycles. The van der Waals surface area contributed by atoms with Gasteiger partial charge in [-0.15, -0.1) is 0 Å². The first kappa shape index (κ1) is 15.1. The van der Waals surface area contributed by atoms with Crippen molar-refractivity contribution in [1.82, 2.24) is 0 Å². The molecule has 0 atom stereocenters. The molecule has 2 aromatic rings. The van der Waals surface area contributed by atoms with Gasteiger partial charge in [-0.05, 0) is 17.7 Å². The lowest BCUT2D eigenvalue weighted by atomic mass is 10.2. The number of para-hydroxylation sites is 1. The Bertz CT molecular complexity index is 566. The van der Waals surface area contributed by atoms with Crippen LogP contribution in [0.25, 0.3) is 0 Å². The van der Waals surface area contributed by atoms with Crippen LogP contribution in [0, 0.1) is 0 Å². The standard InChI is InChI=1S/C17H18O4/c18-12-15-8-4-9-16(17(15)19)21-11-5-10-20-13-14-6-2-1-3-7-14/h1-4,6-9,12,19H,5,10-11,13H2. The van der Waals surface area contributed by atoms with Gasteiger partial charge in [0.2, 0.25) is 0 Å². The van der Waals surface area contributed by atoms with Crippen molar-refractivity contribution >= 4 is 6.29 Å². The van der Waals surface area contributed by atoms with E-state index >= 15 is 0 Å². The zero-order valence-electron chi connectivity index (χ0n) is 11.7. The fourth-order valence-electron chi connectivity index (χ4n) is 1.86. The molecule has 0 amide bonds. The zero-order chi connectivity index (χ0) is 14.9. The summed E-state index contributed by atoms with van der Waals surface area (Å²) in [5.41, 5.74) is 1.36. The minimum atomic E-state index is -0.113. The number of hydrogen-bond acceptors (Lipinski definition) is 4. The van der Waals surface area contributed by atoms with Crippen LogP contribution in [-0.2, 0) is 11.3 Å². The number of hydrogen-bond donors (Lipinski definition) is 1. The highest BCUT2D eigenvalue weighted by atomic mass is 16.5. The Morgan fingerprint density at radius 2 is 1.81 bits per heavy atom. The van der Waals surface area contributed by atoms with Gasteiger partial charge in [0.25, 0.3) is 0 Å². The number of rotatable bonds is 8. The zero-order valence-corrected chi connectivity index (χ0v) is 11.7. The highest BCUT2D eigenvalue weighted by Gasteiger charge is 2.06. The molecule has 0 bridgehead atoms. The summed E-state index contributed by atoms with van der Waals surface area (Å²) >= 11 is 0. The van der Waals surface area contributed by atoms with Gasteiger partial charge >= 0.3 is 0 Å². The maximum Gasteiger partial charge on any atom is 0.168 e. The van der Waals surface area contributed by atoms with E-state index in [1.54, 1.807) is 12.1 Å². The molecule has 0 saturated heterocycles. The van der Waals surface area contributed by atoms with Crippen LogP contribution in [0.2, 0.25) is 0 Å². The average Bonchev–Trinajstić information content (AvgIpc) is 2.53. The number of phenols is 1. The van der Waals surface area contributed by atoms with E-state index in [-0.39, 0.29) is 11.3 Å². The third-order valence-electron chi connectivity index (χ3n) is 2.96. The van der Waals surface area contributed by atoms with Crippen molar-refractivity contribution in [1.29, 1.82) is 0 Å². The van der Waals surface area contributed by atoms with E-state index in [9.17, 15) is 9.90 Å².